The number of piperidine rings is 1. The normalized spacial score (nSPS) is 19.5. The van der Waals surface area contributed by atoms with E-state index in [0.717, 1.165) is 40.8 Å². The Labute approximate surface area is 121 Å². The molecule has 1 N–H and O–H groups in total. The largest absolute Gasteiger partial charge is 0.477 e. The fourth-order valence-electron chi connectivity index (χ4n) is 2.52. The van der Waals surface area contributed by atoms with E-state index in [1.807, 2.05) is 24.4 Å². The van der Waals surface area contributed by atoms with Gasteiger partial charge in [0.05, 0.1) is 6.61 Å². The van der Waals surface area contributed by atoms with Crippen LogP contribution in [0.3, 0.4) is 0 Å². The van der Waals surface area contributed by atoms with E-state index >= 15 is 0 Å². The van der Waals surface area contributed by atoms with Crippen LogP contribution in [-0.4, -0.2) is 24.7 Å². The number of hydrogen-bond donors (Lipinski definition) is 1. The van der Waals surface area contributed by atoms with Crippen molar-refractivity contribution in [1.82, 2.24) is 10.3 Å². The highest BCUT2D eigenvalue weighted by molar-refractivity contribution is 9.10. The summed E-state index contributed by atoms with van der Waals surface area (Å²) in [5, 5.41) is 5.63. The molecule has 4 heteroatoms. The van der Waals surface area contributed by atoms with Crippen molar-refractivity contribution < 1.29 is 4.74 Å². The highest BCUT2D eigenvalue weighted by Gasteiger charge is 2.14. The molecule has 0 spiro atoms. The van der Waals surface area contributed by atoms with Crippen molar-refractivity contribution in [3.05, 3.63) is 34.9 Å². The molecular weight excluding hydrogens is 304 g/mol. The van der Waals surface area contributed by atoms with Crippen LogP contribution in [0.1, 0.15) is 12.8 Å². The lowest BCUT2D eigenvalue weighted by molar-refractivity contribution is 0.214. The number of rotatable bonds is 3. The molecule has 1 aliphatic heterocycles. The van der Waals surface area contributed by atoms with Crippen molar-refractivity contribution in [2.75, 3.05) is 19.7 Å². The molecule has 0 radical (unpaired) electrons. The van der Waals surface area contributed by atoms with E-state index in [-0.39, 0.29) is 0 Å². The number of ether oxygens (including phenoxy) is 1. The van der Waals surface area contributed by atoms with Crippen molar-refractivity contribution >= 4 is 26.7 Å². The number of nitrogens with one attached hydrogen (secondary N) is 1. The molecule has 2 aromatic rings. The lowest BCUT2D eigenvalue weighted by Crippen LogP contribution is -2.33. The van der Waals surface area contributed by atoms with E-state index < -0.39 is 0 Å². The molecule has 1 aliphatic rings. The molecule has 0 bridgehead atoms. The van der Waals surface area contributed by atoms with E-state index in [4.69, 9.17) is 4.74 Å². The molecule has 1 unspecified atom stereocenters. The maximum atomic E-state index is 5.94. The average Bonchev–Trinajstić information content (AvgIpc) is 2.47. The number of nitrogens with zero attached hydrogens (tertiary/aromatic N) is 1. The molecule has 0 aliphatic carbocycles. The summed E-state index contributed by atoms with van der Waals surface area (Å²) in [6.07, 6.45) is 4.28. The van der Waals surface area contributed by atoms with Gasteiger partial charge >= 0.3 is 0 Å². The highest BCUT2D eigenvalue weighted by Crippen LogP contribution is 2.29. The Morgan fingerprint density at radius 1 is 1.32 bits per heavy atom. The van der Waals surface area contributed by atoms with Gasteiger partial charge in [0.1, 0.15) is 0 Å². The van der Waals surface area contributed by atoms with E-state index in [9.17, 15) is 0 Å². The molecule has 1 fully saturated rings. The summed E-state index contributed by atoms with van der Waals surface area (Å²) in [6, 6.07) is 8.12. The number of aromatic nitrogens is 1. The fourth-order valence-corrected chi connectivity index (χ4v) is 3.02. The lowest BCUT2D eigenvalue weighted by Gasteiger charge is -2.22. The van der Waals surface area contributed by atoms with Crippen molar-refractivity contribution in [2.24, 2.45) is 5.92 Å². The van der Waals surface area contributed by atoms with Crippen LogP contribution in [0.4, 0.5) is 0 Å². The smallest absolute Gasteiger partial charge is 0.221 e. The van der Waals surface area contributed by atoms with Crippen molar-refractivity contribution in [2.45, 2.75) is 12.8 Å². The summed E-state index contributed by atoms with van der Waals surface area (Å²) in [5.41, 5.74) is 0. The Kier molecular flexibility index (Phi) is 3.99. The van der Waals surface area contributed by atoms with E-state index in [0.29, 0.717) is 5.92 Å². The van der Waals surface area contributed by atoms with Gasteiger partial charge in [0.15, 0.2) is 0 Å². The zero-order chi connectivity index (χ0) is 13.1. The van der Waals surface area contributed by atoms with Crippen LogP contribution >= 0.6 is 15.9 Å². The minimum atomic E-state index is 0.595. The third-order valence-corrected chi connectivity index (χ3v) is 4.26. The van der Waals surface area contributed by atoms with Gasteiger partial charge in [-0.3, -0.25) is 0 Å². The number of fused-ring (bicyclic) bond motifs is 1. The summed E-state index contributed by atoms with van der Waals surface area (Å²) >= 11 is 3.57. The van der Waals surface area contributed by atoms with Gasteiger partial charge in [-0.2, -0.15) is 0 Å². The first kappa shape index (κ1) is 12.9. The van der Waals surface area contributed by atoms with Gasteiger partial charge in [0.2, 0.25) is 5.88 Å². The third kappa shape index (κ3) is 2.90. The summed E-state index contributed by atoms with van der Waals surface area (Å²) in [6.45, 7) is 2.93. The van der Waals surface area contributed by atoms with Crippen LogP contribution in [0, 0.1) is 5.92 Å². The molecule has 3 rings (SSSR count). The van der Waals surface area contributed by atoms with Gasteiger partial charge in [0, 0.05) is 33.9 Å². The zero-order valence-electron chi connectivity index (χ0n) is 10.7. The SMILES string of the molecule is Brc1cccc2c(OCC3CCCNC3)nccc12. The van der Waals surface area contributed by atoms with Gasteiger partial charge in [-0.15, -0.1) is 0 Å². The van der Waals surface area contributed by atoms with Crippen LogP contribution in [0.5, 0.6) is 5.88 Å². The Morgan fingerprint density at radius 3 is 3.11 bits per heavy atom. The first-order valence-electron chi connectivity index (χ1n) is 6.71. The van der Waals surface area contributed by atoms with Crippen LogP contribution in [-0.2, 0) is 0 Å². The molecule has 100 valence electrons. The molecule has 0 saturated carbocycles. The maximum absolute atomic E-state index is 5.94. The van der Waals surface area contributed by atoms with Crippen LogP contribution < -0.4 is 10.1 Å². The standard InChI is InChI=1S/C15H17BrN2O/c16-14-5-1-4-13-12(14)6-8-18-15(13)19-10-11-3-2-7-17-9-11/h1,4-6,8,11,17H,2-3,7,9-10H2. The quantitative estimate of drug-likeness (QED) is 0.941. The second kappa shape index (κ2) is 5.88. The summed E-state index contributed by atoms with van der Waals surface area (Å²) < 4.78 is 7.02. The van der Waals surface area contributed by atoms with Gasteiger partial charge in [-0.25, -0.2) is 4.98 Å². The number of pyridine rings is 1. The molecule has 0 amide bonds. The first-order chi connectivity index (χ1) is 9.34. The van der Waals surface area contributed by atoms with E-state index in [1.165, 1.54) is 12.8 Å². The topological polar surface area (TPSA) is 34.1 Å². The monoisotopic (exact) mass is 320 g/mol. The highest BCUT2D eigenvalue weighted by atomic mass is 79.9. The zero-order valence-corrected chi connectivity index (χ0v) is 12.3. The first-order valence-corrected chi connectivity index (χ1v) is 7.50. The van der Waals surface area contributed by atoms with E-state index in [1.54, 1.807) is 0 Å². The lowest BCUT2D eigenvalue weighted by atomic mass is 10.0. The van der Waals surface area contributed by atoms with Gasteiger partial charge < -0.3 is 10.1 Å². The second-order valence-corrected chi connectivity index (χ2v) is 5.83. The Balaban J connectivity index is 1.79. The minimum absolute atomic E-state index is 0.595. The molecule has 1 saturated heterocycles. The van der Waals surface area contributed by atoms with E-state index in [2.05, 4.69) is 32.3 Å². The minimum Gasteiger partial charge on any atom is -0.477 e. The summed E-state index contributed by atoms with van der Waals surface area (Å²) in [7, 11) is 0. The Bertz CT molecular complexity index is 567. The molecule has 2 heterocycles. The number of benzene rings is 1. The second-order valence-electron chi connectivity index (χ2n) is 4.97. The Hall–Kier alpha value is -1.13. The van der Waals surface area contributed by atoms with Crippen LogP contribution in [0.15, 0.2) is 34.9 Å². The van der Waals surface area contributed by atoms with Crippen molar-refractivity contribution in [3.63, 3.8) is 0 Å². The maximum Gasteiger partial charge on any atom is 0.221 e. The molecule has 1 aromatic carbocycles. The Morgan fingerprint density at radius 2 is 2.26 bits per heavy atom. The summed E-state index contributed by atoms with van der Waals surface area (Å²) in [5.74, 6) is 1.34. The van der Waals surface area contributed by atoms with Crippen LogP contribution in [0.25, 0.3) is 10.8 Å². The molecule has 3 nitrogen and oxygen atoms in total. The van der Waals surface area contributed by atoms with Crippen LogP contribution in [0.2, 0.25) is 0 Å². The predicted octanol–water partition coefficient (Wildman–Crippen LogP) is 3.38. The summed E-state index contributed by atoms with van der Waals surface area (Å²) in [4.78, 5) is 4.37. The molecular formula is C15H17BrN2O. The van der Waals surface area contributed by atoms with Gasteiger partial charge in [-0.05, 0) is 37.6 Å². The average molecular weight is 321 g/mol. The predicted molar refractivity (Wildman–Crippen MR) is 80.5 cm³/mol. The third-order valence-electron chi connectivity index (χ3n) is 3.57. The molecule has 19 heavy (non-hydrogen) atoms. The number of hydrogen-bond acceptors (Lipinski definition) is 3. The van der Waals surface area contributed by atoms with Crippen molar-refractivity contribution in [3.8, 4) is 5.88 Å². The molecule has 1 aromatic heterocycles. The fraction of sp³-hybridized carbons (Fsp3) is 0.400. The number of halogens is 1. The van der Waals surface area contributed by atoms with Gasteiger partial charge in [-0.1, -0.05) is 22.0 Å². The van der Waals surface area contributed by atoms with Gasteiger partial charge in [0.25, 0.3) is 0 Å². The van der Waals surface area contributed by atoms with Crippen molar-refractivity contribution in [1.29, 1.82) is 0 Å². The molecule has 1 atom stereocenters.